The van der Waals surface area contributed by atoms with Crippen molar-refractivity contribution in [1.82, 2.24) is 15.1 Å². The van der Waals surface area contributed by atoms with Crippen molar-refractivity contribution in [2.45, 2.75) is 37.3 Å². The zero-order chi connectivity index (χ0) is 20.4. The predicted octanol–water partition coefficient (Wildman–Crippen LogP) is 2.35. The van der Waals surface area contributed by atoms with Gasteiger partial charge in [-0.3, -0.25) is 14.5 Å². The summed E-state index contributed by atoms with van der Waals surface area (Å²) in [7, 11) is 3.92. The van der Waals surface area contributed by atoms with Gasteiger partial charge in [-0.2, -0.15) is 0 Å². The van der Waals surface area contributed by atoms with Gasteiger partial charge in [0.15, 0.2) is 0 Å². The van der Waals surface area contributed by atoms with E-state index >= 15 is 0 Å². The lowest BCUT2D eigenvalue weighted by Crippen LogP contribution is -2.57. The minimum Gasteiger partial charge on any atom is -0.351 e. The number of likely N-dealkylation sites (tertiary alicyclic amines) is 1. The molecule has 2 aromatic rings. The molecular weight excluding hydrogens is 362 g/mol. The fourth-order valence-corrected chi connectivity index (χ4v) is 4.75. The van der Waals surface area contributed by atoms with Crippen LogP contribution >= 0.6 is 0 Å². The molecule has 2 aromatic carbocycles. The molecule has 2 heterocycles. The Balaban J connectivity index is 1.50. The Labute approximate surface area is 172 Å². The van der Waals surface area contributed by atoms with Crippen LogP contribution in [0, 0.1) is 0 Å². The first-order chi connectivity index (χ1) is 14.0. The molecule has 0 radical (unpaired) electrons. The number of hydrogen-bond acceptors (Lipinski definition) is 3. The summed E-state index contributed by atoms with van der Waals surface area (Å²) < 4.78 is 0. The van der Waals surface area contributed by atoms with Crippen LogP contribution < -0.4 is 5.32 Å². The molecule has 1 N–H and O–H groups in total. The largest absolute Gasteiger partial charge is 0.351 e. The number of amides is 2. The van der Waals surface area contributed by atoms with E-state index in [-0.39, 0.29) is 17.9 Å². The quantitative estimate of drug-likeness (QED) is 0.871. The summed E-state index contributed by atoms with van der Waals surface area (Å²) in [6, 6.07) is 18.2. The lowest BCUT2D eigenvalue weighted by Gasteiger charge is -2.45. The Morgan fingerprint density at radius 2 is 1.72 bits per heavy atom. The summed E-state index contributed by atoms with van der Waals surface area (Å²) in [5.74, 6) is 0.259. The molecule has 5 heteroatoms. The van der Waals surface area contributed by atoms with Crippen LogP contribution in [0.2, 0.25) is 0 Å². The highest BCUT2D eigenvalue weighted by Gasteiger charge is 2.47. The second-order valence-electron chi connectivity index (χ2n) is 8.42. The number of benzene rings is 2. The summed E-state index contributed by atoms with van der Waals surface area (Å²) in [4.78, 5) is 30.1. The molecule has 4 rings (SSSR count). The third kappa shape index (κ3) is 3.67. The van der Waals surface area contributed by atoms with E-state index in [1.54, 1.807) is 0 Å². The lowest BCUT2D eigenvalue weighted by molar-refractivity contribution is -0.140. The number of hydrogen-bond donors (Lipinski definition) is 1. The van der Waals surface area contributed by atoms with Crippen molar-refractivity contribution in [3.63, 3.8) is 0 Å². The Bertz CT molecular complexity index is 886. The van der Waals surface area contributed by atoms with Gasteiger partial charge < -0.3 is 10.2 Å². The minimum absolute atomic E-state index is 0.108. The summed E-state index contributed by atoms with van der Waals surface area (Å²) >= 11 is 0. The highest BCUT2D eigenvalue weighted by Crippen LogP contribution is 2.40. The molecular formula is C24H29N3O2. The van der Waals surface area contributed by atoms with Crippen LogP contribution in [0.25, 0.3) is 0 Å². The van der Waals surface area contributed by atoms with Crippen molar-refractivity contribution in [3.8, 4) is 0 Å². The van der Waals surface area contributed by atoms with Gasteiger partial charge >= 0.3 is 0 Å². The average Bonchev–Trinajstić information content (AvgIpc) is 2.75. The van der Waals surface area contributed by atoms with E-state index in [1.165, 1.54) is 5.56 Å². The third-order valence-corrected chi connectivity index (χ3v) is 6.52. The second-order valence-corrected chi connectivity index (χ2v) is 8.42. The Kier molecular flexibility index (Phi) is 5.41. The van der Waals surface area contributed by atoms with Crippen LogP contribution in [0.15, 0.2) is 54.6 Å². The molecule has 0 aliphatic carbocycles. The molecule has 1 fully saturated rings. The van der Waals surface area contributed by atoms with Crippen LogP contribution in [0.4, 0.5) is 0 Å². The zero-order valence-corrected chi connectivity index (χ0v) is 17.2. The average molecular weight is 392 g/mol. The normalized spacial score (nSPS) is 19.0. The van der Waals surface area contributed by atoms with Crippen molar-refractivity contribution < 1.29 is 9.59 Å². The van der Waals surface area contributed by atoms with Gasteiger partial charge in [-0.1, -0.05) is 54.6 Å². The van der Waals surface area contributed by atoms with Crippen molar-refractivity contribution >= 4 is 11.8 Å². The van der Waals surface area contributed by atoms with Crippen LogP contribution in [-0.2, 0) is 28.0 Å². The van der Waals surface area contributed by atoms with E-state index in [2.05, 4.69) is 29.6 Å². The molecule has 1 unspecified atom stereocenters. The monoisotopic (exact) mass is 391 g/mol. The van der Waals surface area contributed by atoms with Crippen molar-refractivity contribution in [2.75, 3.05) is 27.2 Å². The molecule has 0 aromatic heterocycles. The number of carbonyl (C=O) groups excluding carboxylic acids is 2. The fourth-order valence-electron chi connectivity index (χ4n) is 4.75. The van der Waals surface area contributed by atoms with Gasteiger partial charge in [-0.15, -0.1) is 0 Å². The topological polar surface area (TPSA) is 52.7 Å². The summed E-state index contributed by atoms with van der Waals surface area (Å²) in [6.07, 6.45) is 2.04. The number of piperidine rings is 1. The number of rotatable bonds is 4. The highest BCUT2D eigenvalue weighted by atomic mass is 16.2. The third-order valence-electron chi connectivity index (χ3n) is 6.52. The van der Waals surface area contributed by atoms with Crippen molar-refractivity contribution in [2.24, 2.45) is 0 Å². The molecule has 1 saturated heterocycles. The maximum absolute atomic E-state index is 13.3. The first-order valence-corrected chi connectivity index (χ1v) is 10.4. The van der Waals surface area contributed by atoms with Gasteiger partial charge in [-0.25, -0.2) is 0 Å². The van der Waals surface area contributed by atoms with E-state index < -0.39 is 5.41 Å². The fraction of sp³-hybridized carbons (Fsp3) is 0.417. The Morgan fingerprint density at radius 1 is 1.07 bits per heavy atom. The Hall–Kier alpha value is -2.66. The SMILES string of the molecule is CN(C)C(Cc1ccccc1)C(=O)N1CCC2(CC1)C(=O)NCc1ccccc12. The zero-order valence-electron chi connectivity index (χ0n) is 17.2. The molecule has 2 aliphatic heterocycles. The van der Waals surface area contributed by atoms with E-state index in [4.69, 9.17) is 0 Å². The summed E-state index contributed by atoms with van der Waals surface area (Å²) in [5.41, 5.74) is 3.00. The van der Waals surface area contributed by atoms with Crippen LogP contribution in [0.3, 0.4) is 0 Å². The highest BCUT2D eigenvalue weighted by molar-refractivity contribution is 5.91. The lowest BCUT2D eigenvalue weighted by atomic mass is 9.68. The predicted molar refractivity (Wildman–Crippen MR) is 113 cm³/mol. The number of fused-ring (bicyclic) bond motifs is 2. The van der Waals surface area contributed by atoms with Gasteiger partial charge in [-0.05, 0) is 50.0 Å². The van der Waals surface area contributed by atoms with Crippen LogP contribution in [0.5, 0.6) is 0 Å². The molecule has 0 bridgehead atoms. The number of nitrogens with one attached hydrogen (secondary N) is 1. The van der Waals surface area contributed by atoms with Gasteiger partial charge in [0, 0.05) is 19.6 Å². The van der Waals surface area contributed by atoms with E-state index in [0.29, 0.717) is 38.9 Å². The van der Waals surface area contributed by atoms with Crippen molar-refractivity contribution in [1.29, 1.82) is 0 Å². The van der Waals surface area contributed by atoms with Crippen LogP contribution in [-0.4, -0.2) is 54.8 Å². The second kappa shape index (κ2) is 7.99. The van der Waals surface area contributed by atoms with Gasteiger partial charge in [0.1, 0.15) is 0 Å². The van der Waals surface area contributed by atoms with E-state index in [0.717, 1.165) is 11.1 Å². The molecule has 0 saturated carbocycles. The van der Waals surface area contributed by atoms with Gasteiger partial charge in [0.2, 0.25) is 11.8 Å². The Morgan fingerprint density at radius 3 is 2.41 bits per heavy atom. The maximum atomic E-state index is 13.3. The molecule has 29 heavy (non-hydrogen) atoms. The summed E-state index contributed by atoms with van der Waals surface area (Å²) in [5, 5.41) is 3.07. The van der Waals surface area contributed by atoms with E-state index in [9.17, 15) is 9.59 Å². The van der Waals surface area contributed by atoms with Crippen LogP contribution in [0.1, 0.15) is 29.5 Å². The van der Waals surface area contributed by atoms with Gasteiger partial charge in [0.25, 0.3) is 0 Å². The number of likely N-dealkylation sites (N-methyl/N-ethyl adjacent to an activating group) is 1. The minimum atomic E-state index is -0.501. The van der Waals surface area contributed by atoms with Gasteiger partial charge in [0.05, 0.1) is 11.5 Å². The maximum Gasteiger partial charge on any atom is 0.240 e. The van der Waals surface area contributed by atoms with E-state index in [1.807, 2.05) is 54.2 Å². The molecule has 1 spiro atoms. The number of carbonyl (C=O) groups is 2. The first-order valence-electron chi connectivity index (χ1n) is 10.4. The molecule has 5 nitrogen and oxygen atoms in total. The first kappa shape index (κ1) is 19.6. The molecule has 1 atom stereocenters. The number of nitrogens with zero attached hydrogens (tertiary/aromatic N) is 2. The molecule has 2 aliphatic rings. The summed E-state index contributed by atoms with van der Waals surface area (Å²) in [6.45, 7) is 1.82. The molecule has 152 valence electrons. The van der Waals surface area contributed by atoms with Crippen molar-refractivity contribution in [3.05, 3.63) is 71.3 Å². The molecule has 2 amide bonds. The smallest absolute Gasteiger partial charge is 0.240 e. The standard InChI is InChI=1S/C24H29N3O2/c1-26(2)21(16-18-8-4-3-5-9-18)22(28)27-14-12-24(13-15-27)20-11-7-6-10-19(20)17-25-23(24)29/h3-11,21H,12-17H2,1-2H3,(H,25,29).